The number of fused-ring (bicyclic) bond motifs is 1. The molecule has 1 fully saturated rings. The molecule has 3 heterocycles. The number of anilines is 1. The van der Waals surface area contributed by atoms with Gasteiger partial charge in [0.2, 0.25) is 0 Å². The van der Waals surface area contributed by atoms with Gasteiger partial charge in [0.25, 0.3) is 0 Å². The summed E-state index contributed by atoms with van der Waals surface area (Å²) in [5.41, 5.74) is 5.58. The smallest absolute Gasteiger partial charge is 0.152 e. The Kier molecular flexibility index (Phi) is 4.35. The summed E-state index contributed by atoms with van der Waals surface area (Å²) < 4.78 is 1.81. The minimum absolute atomic E-state index is 0.317. The first-order valence-electron chi connectivity index (χ1n) is 9.91. The average molecular weight is 382 g/mol. The fourth-order valence-electron chi connectivity index (χ4n) is 4.05. The Morgan fingerprint density at radius 3 is 2.52 bits per heavy atom. The third kappa shape index (κ3) is 3.40. The number of pyridine rings is 1. The minimum atomic E-state index is 0.317. The highest BCUT2D eigenvalue weighted by Gasteiger charge is 2.18. The number of benzene rings is 2. The fraction of sp³-hybridized carbons (Fsp3) is 0.208. The topological polar surface area (TPSA) is 51.0 Å². The Hall–Kier alpha value is -3.47. The molecule has 0 aliphatic carbocycles. The van der Waals surface area contributed by atoms with Crippen LogP contribution in [-0.2, 0) is 11.8 Å². The molecule has 0 N–H and O–H groups in total. The van der Waals surface area contributed by atoms with Crippen LogP contribution in [0.25, 0.3) is 33.0 Å². The number of aryl methyl sites for hydroxylation is 1. The molecule has 0 spiro atoms. The highest BCUT2D eigenvalue weighted by molar-refractivity contribution is 5.98. The van der Waals surface area contributed by atoms with E-state index in [-0.39, 0.29) is 0 Å². The van der Waals surface area contributed by atoms with Crippen LogP contribution in [0.15, 0.2) is 67.3 Å². The van der Waals surface area contributed by atoms with E-state index in [0.717, 1.165) is 51.7 Å². The molecule has 0 amide bonds. The molecule has 5 heteroatoms. The first kappa shape index (κ1) is 17.6. The molecule has 2 aromatic heterocycles. The highest BCUT2D eigenvalue weighted by atomic mass is 16.1. The van der Waals surface area contributed by atoms with Gasteiger partial charge in [-0.05, 0) is 35.1 Å². The molecule has 4 aromatic rings. The van der Waals surface area contributed by atoms with Crippen LogP contribution in [-0.4, -0.2) is 33.6 Å². The molecule has 0 radical (unpaired) electrons. The molecular formula is C24H22N4O. The lowest BCUT2D eigenvalue weighted by atomic mass is 9.98. The summed E-state index contributed by atoms with van der Waals surface area (Å²) in [6, 6.07) is 14.9. The molecule has 0 saturated carbocycles. The van der Waals surface area contributed by atoms with Gasteiger partial charge in [-0.25, -0.2) is 0 Å². The summed E-state index contributed by atoms with van der Waals surface area (Å²) in [6.45, 7) is 1.43. The Labute approximate surface area is 169 Å². The number of Topliss-reactive ketones (excluding diaryl/α,β-unsaturated/α-hetero) is 1. The molecule has 0 unspecified atom stereocenters. The van der Waals surface area contributed by atoms with Gasteiger partial charge in [0.1, 0.15) is 0 Å². The van der Waals surface area contributed by atoms with E-state index in [1.807, 2.05) is 36.5 Å². The Morgan fingerprint density at radius 1 is 0.931 bits per heavy atom. The predicted octanol–water partition coefficient (Wildman–Crippen LogP) is 4.47. The lowest BCUT2D eigenvalue weighted by Crippen LogP contribution is -2.35. The van der Waals surface area contributed by atoms with E-state index in [2.05, 4.69) is 57.4 Å². The van der Waals surface area contributed by atoms with Crippen molar-refractivity contribution in [1.82, 2.24) is 14.8 Å². The molecule has 1 saturated heterocycles. The first-order chi connectivity index (χ1) is 14.2. The van der Waals surface area contributed by atoms with Crippen molar-refractivity contribution in [3.63, 3.8) is 0 Å². The maximum atomic E-state index is 11.9. The van der Waals surface area contributed by atoms with Crippen molar-refractivity contribution in [1.29, 1.82) is 0 Å². The van der Waals surface area contributed by atoms with Gasteiger partial charge in [-0.1, -0.05) is 30.3 Å². The maximum absolute atomic E-state index is 11.9. The molecule has 1 aliphatic rings. The van der Waals surface area contributed by atoms with E-state index in [9.17, 15) is 4.79 Å². The third-order valence-corrected chi connectivity index (χ3v) is 5.59. The Balaban J connectivity index is 1.54. The molecule has 2 aromatic carbocycles. The van der Waals surface area contributed by atoms with Crippen molar-refractivity contribution in [2.24, 2.45) is 7.05 Å². The van der Waals surface area contributed by atoms with E-state index >= 15 is 0 Å². The molecule has 1 aliphatic heterocycles. The Bertz CT molecular complexity index is 1190. The van der Waals surface area contributed by atoms with Crippen molar-refractivity contribution in [2.75, 3.05) is 18.0 Å². The molecule has 0 bridgehead atoms. The summed E-state index contributed by atoms with van der Waals surface area (Å²) in [7, 11) is 1.92. The van der Waals surface area contributed by atoms with Crippen molar-refractivity contribution in [3.05, 3.63) is 67.3 Å². The zero-order chi connectivity index (χ0) is 19.8. The standard InChI is InChI=1S/C24H22N4O/c1-27-15-20(13-26-27)17-4-6-18(7-5-17)24-14-25-12-19-8-9-21(11-23(19)24)28-10-2-3-22(29)16-28/h4-9,11-15H,2-3,10,16H2,1H3. The van der Waals surface area contributed by atoms with Crippen LogP contribution in [0.1, 0.15) is 12.8 Å². The molecule has 29 heavy (non-hydrogen) atoms. The van der Waals surface area contributed by atoms with Crippen LogP contribution >= 0.6 is 0 Å². The van der Waals surface area contributed by atoms with Crippen LogP contribution in [0.2, 0.25) is 0 Å². The quantitative estimate of drug-likeness (QED) is 0.524. The van der Waals surface area contributed by atoms with E-state index in [1.165, 1.54) is 0 Å². The van der Waals surface area contributed by atoms with E-state index in [1.54, 1.807) is 0 Å². The van der Waals surface area contributed by atoms with Crippen LogP contribution in [0.5, 0.6) is 0 Å². The van der Waals surface area contributed by atoms with Gasteiger partial charge in [-0.15, -0.1) is 0 Å². The largest absolute Gasteiger partial charge is 0.364 e. The zero-order valence-electron chi connectivity index (χ0n) is 16.4. The van der Waals surface area contributed by atoms with Gasteiger partial charge < -0.3 is 4.90 Å². The second-order valence-corrected chi connectivity index (χ2v) is 7.64. The molecule has 5 nitrogen and oxygen atoms in total. The number of carbonyl (C=O) groups is 1. The fourth-order valence-corrected chi connectivity index (χ4v) is 4.05. The van der Waals surface area contributed by atoms with E-state index < -0.39 is 0 Å². The summed E-state index contributed by atoms with van der Waals surface area (Å²) in [4.78, 5) is 18.5. The van der Waals surface area contributed by atoms with E-state index in [4.69, 9.17) is 0 Å². The van der Waals surface area contributed by atoms with Crippen LogP contribution < -0.4 is 4.90 Å². The van der Waals surface area contributed by atoms with Gasteiger partial charge in [0, 0.05) is 60.8 Å². The maximum Gasteiger partial charge on any atom is 0.152 e. The number of hydrogen-bond donors (Lipinski definition) is 0. The normalized spacial score (nSPS) is 14.5. The number of rotatable bonds is 3. The molecule has 144 valence electrons. The number of piperidine rings is 1. The predicted molar refractivity (Wildman–Crippen MR) is 116 cm³/mol. The van der Waals surface area contributed by atoms with Crippen LogP contribution in [0.3, 0.4) is 0 Å². The number of hydrogen-bond acceptors (Lipinski definition) is 4. The first-order valence-corrected chi connectivity index (χ1v) is 9.91. The highest BCUT2D eigenvalue weighted by Crippen LogP contribution is 2.32. The second-order valence-electron chi connectivity index (χ2n) is 7.64. The number of aromatic nitrogens is 3. The summed E-state index contributed by atoms with van der Waals surface area (Å²) in [6.07, 6.45) is 9.33. The minimum Gasteiger partial charge on any atom is -0.364 e. The van der Waals surface area contributed by atoms with Crippen LogP contribution in [0.4, 0.5) is 5.69 Å². The molecule has 5 rings (SSSR count). The summed E-state index contributed by atoms with van der Waals surface area (Å²) in [5, 5.41) is 6.51. The average Bonchev–Trinajstić information content (AvgIpc) is 3.19. The SMILES string of the molecule is Cn1cc(-c2ccc(-c3cncc4ccc(N5CCCC(=O)C5)cc34)cc2)cn1. The van der Waals surface area contributed by atoms with Crippen molar-refractivity contribution >= 4 is 22.2 Å². The van der Waals surface area contributed by atoms with Gasteiger partial charge in [-0.3, -0.25) is 14.5 Å². The Morgan fingerprint density at radius 2 is 1.76 bits per heavy atom. The van der Waals surface area contributed by atoms with Crippen molar-refractivity contribution < 1.29 is 4.79 Å². The lowest BCUT2D eigenvalue weighted by Gasteiger charge is -2.28. The van der Waals surface area contributed by atoms with Gasteiger partial charge in [-0.2, -0.15) is 5.10 Å². The van der Waals surface area contributed by atoms with Crippen LogP contribution in [0, 0.1) is 0 Å². The lowest BCUT2D eigenvalue weighted by molar-refractivity contribution is -0.118. The zero-order valence-corrected chi connectivity index (χ0v) is 16.4. The second kappa shape index (κ2) is 7.17. The third-order valence-electron chi connectivity index (χ3n) is 5.59. The van der Waals surface area contributed by atoms with E-state index in [0.29, 0.717) is 18.7 Å². The number of ketones is 1. The molecular weight excluding hydrogens is 360 g/mol. The summed E-state index contributed by atoms with van der Waals surface area (Å²) >= 11 is 0. The summed E-state index contributed by atoms with van der Waals surface area (Å²) in [5.74, 6) is 0.317. The van der Waals surface area contributed by atoms with Gasteiger partial charge in [0.05, 0.1) is 12.7 Å². The molecule has 0 atom stereocenters. The number of nitrogens with zero attached hydrogens (tertiary/aromatic N) is 4. The monoisotopic (exact) mass is 382 g/mol. The number of carbonyl (C=O) groups excluding carboxylic acids is 1. The van der Waals surface area contributed by atoms with Gasteiger partial charge in [0.15, 0.2) is 5.78 Å². The van der Waals surface area contributed by atoms with Crippen molar-refractivity contribution in [2.45, 2.75) is 12.8 Å². The van der Waals surface area contributed by atoms with Gasteiger partial charge >= 0.3 is 0 Å². The van der Waals surface area contributed by atoms with Crippen molar-refractivity contribution in [3.8, 4) is 22.3 Å².